The van der Waals surface area contributed by atoms with Crippen molar-refractivity contribution in [1.82, 2.24) is 10.1 Å². The normalized spacial score (nSPS) is 11.1. The van der Waals surface area contributed by atoms with Crippen LogP contribution in [-0.2, 0) is 25.5 Å². The summed E-state index contributed by atoms with van der Waals surface area (Å²) in [7, 11) is 1.30. The maximum atomic E-state index is 11.8. The molecule has 1 aromatic heterocycles. The topological polar surface area (TPSA) is 101 Å². The van der Waals surface area contributed by atoms with E-state index in [4.69, 9.17) is 18.7 Å². The Labute approximate surface area is 151 Å². The number of methoxy groups -OCH3 is 1. The van der Waals surface area contributed by atoms with Crippen LogP contribution in [0, 0.1) is 6.92 Å². The van der Waals surface area contributed by atoms with E-state index in [1.165, 1.54) is 7.11 Å². The van der Waals surface area contributed by atoms with Gasteiger partial charge in [0.25, 0.3) is 5.89 Å². The highest BCUT2D eigenvalue weighted by atomic mass is 16.6. The standard InChI is InChI=1S/C18H22N2O6/c1-11-19-17(26-20-11)12-6-7-14(13(8-12)9-15(21)23-5)24-10-16(22)25-18(2,3)4/h6-8H,9-10H2,1-5H3. The molecule has 0 radical (unpaired) electrons. The summed E-state index contributed by atoms with van der Waals surface area (Å²) >= 11 is 0. The number of carbonyl (C=O) groups is 2. The summed E-state index contributed by atoms with van der Waals surface area (Å²) in [6.45, 7) is 6.75. The predicted molar refractivity (Wildman–Crippen MR) is 91.5 cm³/mol. The molecule has 0 saturated carbocycles. The van der Waals surface area contributed by atoms with E-state index in [0.29, 0.717) is 28.6 Å². The van der Waals surface area contributed by atoms with Crippen LogP contribution in [0.1, 0.15) is 32.2 Å². The van der Waals surface area contributed by atoms with Crippen molar-refractivity contribution in [3.63, 3.8) is 0 Å². The van der Waals surface area contributed by atoms with Crippen molar-refractivity contribution in [1.29, 1.82) is 0 Å². The summed E-state index contributed by atoms with van der Waals surface area (Å²) in [6.07, 6.45) is -0.0267. The van der Waals surface area contributed by atoms with Gasteiger partial charge in [-0.2, -0.15) is 4.98 Å². The number of hydrogen-bond donors (Lipinski definition) is 0. The van der Waals surface area contributed by atoms with Crippen LogP contribution in [0.3, 0.4) is 0 Å². The SMILES string of the molecule is COC(=O)Cc1cc(-c2nc(C)no2)ccc1OCC(=O)OC(C)(C)C. The molecule has 0 unspecified atom stereocenters. The van der Waals surface area contributed by atoms with Gasteiger partial charge in [0.05, 0.1) is 13.5 Å². The van der Waals surface area contributed by atoms with E-state index in [-0.39, 0.29) is 13.0 Å². The largest absolute Gasteiger partial charge is 0.482 e. The number of rotatable bonds is 6. The first-order valence-electron chi connectivity index (χ1n) is 8.03. The smallest absolute Gasteiger partial charge is 0.344 e. The van der Waals surface area contributed by atoms with Crippen molar-refractivity contribution in [2.75, 3.05) is 13.7 Å². The second-order valence-corrected chi connectivity index (χ2v) is 6.60. The summed E-state index contributed by atoms with van der Waals surface area (Å²) in [5.74, 6) is 0.262. The summed E-state index contributed by atoms with van der Waals surface area (Å²) < 4.78 is 20.6. The van der Waals surface area contributed by atoms with Crippen molar-refractivity contribution in [2.45, 2.75) is 39.7 Å². The summed E-state index contributed by atoms with van der Waals surface area (Å²) in [5.41, 5.74) is 0.567. The molecule has 0 N–H and O–H groups in total. The molecule has 0 spiro atoms. The Balaban J connectivity index is 2.21. The Bertz CT molecular complexity index is 791. The molecule has 0 atom stereocenters. The maximum Gasteiger partial charge on any atom is 0.344 e. The fraction of sp³-hybridized carbons (Fsp3) is 0.444. The number of nitrogens with zero attached hydrogens (tertiary/aromatic N) is 2. The third-order valence-electron chi connectivity index (χ3n) is 3.16. The number of benzene rings is 1. The van der Waals surface area contributed by atoms with Crippen molar-refractivity contribution >= 4 is 11.9 Å². The number of esters is 2. The van der Waals surface area contributed by atoms with Crippen LogP contribution in [0.2, 0.25) is 0 Å². The van der Waals surface area contributed by atoms with Crippen LogP contribution in [0.25, 0.3) is 11.5 Å². The summed E-state index contributed by atoms with van der Waals surface area (Å²) in [5, 5.41) is 3.75. The number of aryl methyl sites for hydroxylation is 1. The summed E-state index contributed by atoms with van der Waals surface area (Å²) in [6, 6.07) is 5.03. The van der Waals surface area contributed by atoms with Gasteiger partial charge in [0.2, 0.25) is 0 Å². The summed E-state index contributed by atoms with van der Waals surface area (Å²) in [4.78, 5) is 27.7. The van der Waals surface area contributed by atoms with Crippen molar-refractivity contribution in [3.05, 3.63) is 29.6 Å². The molecule has 2 aromatic rings. The lowest BCUT2D eigenvalue weighted by Gasteiger charge is -2.20. The van der Waals surface area contributed by atoms with Crippen molar-refractivity contribution < 1.29 is 28.3 Å². The van der Waals surface area contributed by atoms with E-state index in [1.807, 2.05) is 0 Å². The number of ether oxygens (including phenoxy) is 3. The predicted octanol–water partition coefficient (Wildman–Crippen LogP) is 2.48. The first-order chi connectivity index (χ1) is 12.2. The number of aromatic nitrogens is 2. The molecule has 0 bridgehead atoms. The monoisotopic (exact) mass is 362 g/mol. The van der Waals surface area contributed by atoms with E-state index < -0.39 is 17.5 Å². The third-order valence-corrected chi connectivity index (χ3v) is 3.16. The van der Waals surface area contributed by atoms with Gasteiger partial charge in [-0.3, -0.25) is 4.79 Å². The molecule has 26 heavy (non-hydrogen) atoms. The van der Waals surface area contributed by atoms with Gasteiger partial charge < -0.3 is 18.7 Å². The van der Waals surface area contributed by atoms with Crippen LogP contribution in [0.5, 0.6) is 5.75 Å². The molecule has 0 amide bonds. The van der Waals surface area contributed by atoms with Gasteiger partial charge in [0.1, 0.15) is 11.4 Å². The minimum Gasteiger partial charge on any atom is -0.482 e. The van der Waals surface area contributed by atoms with Gasteiger partial charge in [0.15, 0.2) is 12.4 Å². The zero-order chi connectivity index (χ0) is 19.3. The maximum absolute atomic E-state index is 11.8. The van der Waals surface area contributed by atoms with Gasteiger partial charge in [0, 0.05) is 11.1 Å². The highest BCUT2D eigenvalue weighted by Crippen LogP contribution is 2.27. The molecule has 8 nitrogen and oxygen atoms in total. The van der Waals surface area contributed by atoms with Crippen LogP contribution in [-0.4, -0.2) is 41.4 Å². The third kappa shape index (κ3) is 5.58. The van der Waals surface area contributed by atoms with Crippen molar-refractivity contribution in [2.24, 2.45) is 0 Å². The Hall–Kier alpha value is -2.90. The van der Waals surface area contributed by atoms with Crippen molar-refractivity contribution in [3.8, 4) is 17.2 Å². The highest BCUT2D eigenvalue weighted by Gasteiger charge is 2.18. The molecule has 140 valence electrons. The molecule has 2 rings (SSSR count). The molecule has 8 heteroatoms. The van der Waals surface area contributed by atoms with Gasteiger partial charge in [-0.25, -0.2) is 4.79 Å². The quantitative estimate of drug-likeness (QED) is 0.723. The fourth-order valence-corrected chi connectivity index (χ4v) is 2.14. The Morgan fingerprint density at radius 2 is 1.92 bits per heavy atom. The van der Waals surface area contributed by atoms with E-state index in [1.54, 1.807) is 45.9 Å². The van der Waals surface area contributed by atoms with Gasteiger partial charge in [-0.15, -0.1) is 0 Å². The first kappa shape index (κ1) is 19.4. The van der Waals surface area contributed by atoms with Crippen LogP contribution < -0.4 is 4.74 Å². The molecule has 1 heterocycles. The minimum atomic E-state index is -0.602. The zero-order valence-corrected chi connectivity index (χ0v) is 15.5. The molecule has 0 fully saturated rings. The molecule has 0 aliphatic heterocycles. The Morgan fingerprint density at radius 3 is 2.50 bits per heavy atom. The van der Waals surface area contributed by atoms with Gasteiger partial charge >= 0.3 is 11.9 Å². The van der Waals surface area contributed by atoms with E-state index in [9.17, 15) is 9.59 Å². The van der Waals surface area contributed by atoms with E-state index in [0.717, 1.165) is 0 Å². The Kier molecular flexibility index (Phi) is 5.97. The average molecular weight is 362 g/mol. The van der Waals surface area contributed by atoms with Gasteiger partial charge in [-0.05, 0) is 45.9 Å². The second kappa shape index (κ2) is 7.99. The highest BCUT2D eigenvalue weighted by molar-refractivity contribution is 5.75. The number of carbonyl (C=O) groups excluding carboxylic acids is 2. The molecule has 0 saturated heterocycles. The van der Waals surface area contributed by atoms with Crippen LogP contribution in [0.15, 0.2) is 22.7 Å². The van der Waals surface area contributed by atoms with E-state index >= 15 is 0 Å². The molecule has 1 aromatic carbocycles. The van der Waals surface area contributed by atoms with E-state index in [2.05, 4.69) is 10.1 Å². The van der Waals surface area contributed by atoms with Crippen LogP contribution >= 0.6 is 0 Å². The molecular weight excluding hydrogens is 340 g/mol. The number of hydrogen-bond acceptors (Lipinski definition) is 8. The molecule has 0 aliphatic carbocycles. The van der Waals surface area contributed by atoms with Crippen LogP contribution in [0.4, 0.5) is 0 Å². The van der Waals surface area contributed by atoms with Gasteiger partial charge in [-0.1, -0.05) is 5.16 Å². The zero-order valence-electron chi connectivity index (χ0n) is 15.5. The first-order valence-corrected chi connectivity index (χ1v) is 8.03. The Morgan fingerprint density at radius 1 is 1.19 bits per heavy atom. The average Bonchev–Trinajstić information content (AvgIpc) is 2.98. The molecule has 0 aliphatic rings. The lowest BCUT2D eigenvalue weighted by atomic mass is 10.1. The second-order valence-electron chi connectivity index (χ2n) is 6.60. The minimum absolute atomic E-state index is 0.0267. The molecular formula is C18H22N2O6. The lowest BCUT2D eigenvalue weighted by molar-refractivity contribution is -0.157. The lowest BCUT2D eigenvalue weighted by Crippen LogP contribution is -2.27. The fourth-order valence-electron chi connectivity index (χ4n) is 2.14.